The van der Waals surface area contributed by atoms with Gasteiger partial charge in [-0.05, 0) is 26.0 Å². The van der Waals surface area contributed by atoms with Crippen molar-refractivity contribution in [1.29, 1.82) is 0 Å². The Balaban J connectivity index is 0.000000433. The van der Waals surface area contributed by atoms with E-state index in [9.17, 15) is 0 Å². The average molecular weight is 326 g/mol. The number of ketones is 1. The van der Waals surface area contributed by atoms with E-state index in [0.717, 1.165) is 29.3 Å². The second-order valence-electron chi connectivity index (χ2n) is 5.01. The summed E-state index contributed by atoms with van der Waals surface area (Å²) < 4.78 is 15.8. The van der Waals surface area contributed by atoms with Crippen LogP contribution in [0.15, 0.2) is 60.7 Å². The summed E-state index contributed by atoms with van der Waals surface area (Å²) in [6.45, 7) is 4.86. The molecule has 3 rings (SSSR count). The predicted molar refractivity (Wildman–Crippen MR) is 95.7 cm³/mol. The average Bonchev–Trinajstić information content (AvgIpc) is 2.63. The number of hydrogen-bond acceptors (Lipinski definition) is 2. The standard InChI is InChI=1S/C16H14O2Si.C3H8O/c1-12-7-9-14(10-8-12)16-11-15(17-19-18-16)13-5-3-2-4-6-13;1-3-4-2/h2-11,19H,1H3;3H2,1-2H3. The van der Waals surface area contributed by atoms with Crippen LogP contribution in [-0.4, -0.2) is 29.5 Å². The van der Waals surface area contributed by atoms with E-state index in [2.05, 4.69) is 35.9 Å². The molecule has 0 atom stereocenters. The highest BCUT2D eigenvalue weighted by atomic mass is 28.2. The summed E-state index contributed by atoms with van der Waals surface area (Å²) >= 11 is 0. The van der Waals surface area contributed by atoms with Crippen LogP contribution in [0.4, 0.5) is 0 Å². The van der Waals surface area contributed by atoms with Crippen molar-refractivity contribution in [2.45, 2.75) is 13.8 Å². The molecule has 0 amide bonds. The van der Waals surface area contributed by atoms with Gasteiger partial charge in [-0.1, -0.05) is 48.0 Å². The second kappa shape index (κ2) is 9.08. The van der Waals surface area contributed by atoms with E-state index in [1.165, 1.54) is 5.56 Å². The van der Waals surface area contributed by atoms with Crippen LogP contribution in [0.25, 0.3) is 5.76 Å². The van der Waals surface area contributed by atoms with E-state index in [1.54, 1.807) is 7.11 Å². The number of carbonyl (C=O) groups excluding carboxylic acids is 1. The Bertz CT molecular complexity index is 659. The molecule has 0 fully saturated rings. The molecule has 0 N–H and O–H groups in total. The number of ether oxygens (including phenoxy) is 1. The highest BCUT2D eigenvalue weighted by Gasteiger charge is 2.16. The number of rotatable bonds is 3. The number of aryl methyl sites for hydroxylation is 1. The number of methoxy groups -OCH3 is 1. The summed E-state index contributed by atoms with van der Waals surface area (Å²) in [5.41, 5.74) is 3.42. The molecule has 4 heteroatoms. The normalized spacial score (nSPS) is 12.8. The van der Waals surface area contributed by atoms with Gasteiger partial charge in [-0.2, -0.15) is 0 Å². The topological polar surface area (TPSA) is 29.8 Å². The summed E-state index contributed by atoms with van der Waals surface area (Å²) in [7, 11) is 1.19. The third-order valence-electron chi connectivity index (χ3n) is 3.30. The molecule has 0 spiro atoms. The fraction of sp³-hybridized carbons (Fsp3) is 0.211. The van der Waals surface area contributed by atoms with Crippen molar-refractivity contribution >= 4 is 21.5 Å². The molecular weight excluding hydrogens is 304 g/mol. The van der Waals surface area contributed by atoms with Gasteiger partial charge in [0.05, 0.1) is 17.4 Å². The molecule has 1 aliphatic heterocycles. The molecule has 0 unspecified atom stereocenters. The van der Waals surface area contributed by atoms with Crippen LogP contribution in [0.3, 0.4) is 0 Å². The van der Waals surface area contributed by atoms with Gasteiger partial charge in [-0.15, -0.1) is 0 Å². The van der Waals surface area contributed by atoms with Crippen LogP contribution in [0.5, 0.6) is 0 Å². The number of benzene rings is 2. The number of allylic oxidation sites excluding steroid dienone is 1. The fourth-order valence-electron chi connectivity index (χ4n) is 1.94. The van der Waals surface area contributed by atoms with Gasteiger partial charge < -0.3 is 13.3 Å². The molecule has 2 aromatic rings. The maximum atomic E-state index is 5.66. The first-order chi connectivity index (χ1) is 11.2. The van der Waals surface area contributed by atoms with Gasteiger partial charge in [0.1, 0.15) is 0 Å². The van der Waals surface area contributed by atoms with Crippen LogP contribution < -0.4 is 0 Å². The molecule has 23 heavy (non-hydrogen) atoms. The van der Waals surface area contributed by atoms with Gasteiger partial charge >= 0.3 is 10.0 Å². The smallest absolute Gasteiger partial charge is 0.440 e. The van der Waals surface area contributed by atoms with Gasteiger partial charge in [0.2, 0.25) is 0 Å². The summed E-state index contributed by atoms with van der Waals surface area (Å²) in [4.78, 5) is 0. The van der Waals surface area contributed by atoms with Crippen molar-refractivity contribution in [3.8, 4) is 0 Å². The van der Waals surface area contributed by atoms with Crippen molar-refractivity contribution < 1.29 is 13.3 Å². The molecule has 0 bridgehead atoms. The Morgan fingerprint density at radius 2 is 1.65 bits per heavy atom. The van der Waals surface area contributed by atoms with E-state index >= 15 is 0 Å². The lowest BCUT2D eigenvalue weighted by molar-refractivity contribution is -0.101. The Hall–Kier alpha value is -2.17. The third kappa shape index (κ3) is 5.19. The highest BCUT2D eigenvalue weighted by molar-refractivity contribution is 6.25. The lowest BCUT2D eigenvalue weighted by atomic mass is 10.1. The predicted octanol–water partition coefficient (Wildman–Crippen LogP) is 3.70. The first kappa shape index (κ1) is 17.2. The molecule has 1 heterocycles. The monoisotopic (exact) mass is 326 g/mol. The summed E-state index contributed by atoms with van der Waals surface area (Å²) in [6, 6.07) is 18.4. The molecule has 0 aromatic heterocycles. The molecule has 0 radical (unpaired) electrons. The van der Waals surface area contributed by atoms with Crippen molar-refractivity contribution in [2.75, 3.05) is 13.7 Å². The van der Waals surface area contributed by atoms with Crippen molar-refractivity contribution in [3.63, 3.8) is 0 Å². The maximum Gasteiger partial charge on any atom is 0.440 e. The van der Waals surface area contributed by atoms with Crippen LogP contribution in [0.2, 0.25) is 0 Å². The van der Waals surface area contributed by atoms with Crippen LogP contribution in [-0.2, 0) is 9.16 Å². The minimum absolute atomic E-state index is 0.492. The first-order valence-corrected chi connectivity index (χ1v) is 8.54. The molecule has 2 aromatic carbocycles. The molecule has 0 aliphatic carbocycles. The van der Waals surface area contributed by atoms with Crippen molar-refractivity contribution in [1.82, 2.24) is 0 Å². The van der Waals surface area contributed by atoms with Crippen LogP contribution in [0, 0.1) is 6.92 Å². The van der Waals surface area contributed by atoms with E-state index in [-0.39, 0.29) is 0 Å². The first-order valence-electron chi connectivity index (χ1n) is 7.59. The lowest BCUT2D eigenvalue weighted by Gasteiger charge is -2.15. The SMILES string of the molecule is CCOC.Cc1ccc(C2=CC(c3ccccc3)=[O+][SiH-]O2)cc1. The van der Waals surface area contributed by atoms with E-state index in [0.29, 0.717) is 0 Å². The van der Waals surface area contributed by atoms with Crippen molar-refractivity contribution in [2.24, 2.45) is 0 Å². The Morgan fingerprint density at radius 3 is 2.26 bits per heavy atom. The van der Waals surface area contributed by atoms with Crippen molar-refractivity contribution in [3.05, 3.63) is 77.4 Å². The lowest BCUT2D eigenvalue weighted by Crippen LogP contribution is -2.11. The Kier molecular flexibility index (Phi) is 6.78. The zero-order chi connectivity index (χ0) is 16.5. The zero-order valence-corrected chi connectivity index (χ0v) is 14.9. The highest BCUT2D eigenvalue weighted by Crippen LogP contribution is 2.20. The Morgan fingerprint density at radius 1 is 1.00 bits per heavy atom. The minimum Gasteiger partial charge on any atom is -0.618 e. The van der Waals surface area contributed by atoms with Gasteiger partial charge in [0.25, 0.3) is 5.78 Å². The number of hydrogen-bond donors (Lipinski definition) is 0. The third-order valence-corrected chi connectivity index (χ3v) is 4.00. The largest absolute Gasteiger partial charge is 0.618 e. The van der Waals surface area contributed by atoms with Crippen LogP contribution in [0.1, 0.15) is 27.7 Å². The van der Waals surface area contributed by atoms with E-state index in [4.69, 9.17) is 8.54 Å². The van der Waals surface area contributed by atoms with Gasteiger partial charge in [-0.25, -0.2) is 0 Å². The van der Waals surface area contributed by atoms with Gasteiger partial charge in [0.15, 0.2) is 0 Å². The summed E-state index contributed by atoms with van der Waals surface area (Å²) in [6.07, 6.45) is 1.97. The molecule has 0 saturated carbocycles. The van der Waals surface area contributed by atoms with E-state index < -0.39 is 10.0 Å². The Labute approximate surface area is 140 Å². The van der Waals surface area contributed by atoms with Gasteiger partial charge in [-0.3, -0.25) is 0 Å². The summed E-state index contributed by atoms with van der Waals surface area (Å²) in [5, 5.41) is 0. The van der Waals surface area contributed by atoms with Crippen LogP contribution >= 0.6 is 0 Å². The molecule has 120 valence electrons. The van der Waals surface area contributed by atoms with Gasteiger partial charge in [0, 0.05) is 19.3 Å². The molecular formula is C19H22O3Si. The molecule has 1 aliphatic rings. The molecule has 0 saturated heterocycles. The van der Waals surface area contributed by atoms with E-state index in [1.807, 2.05) is 43.3 Å². The fourth-order valence-corrected chi connectivity index (χ4v) is 2.60. The quantitative estimate of drug-likeness (QED) is 0.636. The maximum absolute atomic E-state index is 5.66. The second-order valence-corrected chi connectivity index (χ2v) is 5.68. The molecule has 3 nitrogen and oxygen atoms in total. The minimum atomic E-state index is -0.492. The zero-order valence-electron chi connectivity index (χ0n) is 13.8. The summed E-state index contributed by atoms with van der Waals surface area (Å²) in [5.74, 6) is 1.78.